The summed E-state index contributed by atoms with van der Waals surface area (Å²) in [6.45, 7) is 2.28. The topological polar surface area (TPSA) is 12.4 Å². The molecule has 1 nitrogen and oxygen atoms in total. The van der Waals surface area contributed by atoms with Crippen molar-refractivity contribution in [3.05, 3.63) is 65.2 Å². The van der Waals surface area contributed by atoms with E-state index < -0.39 is 0 Å². The van der Waals surface area contributed by atoms with Gasteiger partial charge in [0.2, 0.25) is 0 Å². The van der Waals surface area contributed by atoms with Gasteiger partial charge in [-0.15, -0.1) is 0 Å². The third-order valence-corrected chi connectivity index (χ3v) is 6.66. The van der Waals surface area contributed by atoms with E-state index in [9.17, 15) is 0 Å². The Balaban J connectivity index is 1.40. The number of hydrogen-bond acceptors (Lipinski definition) is 2. The van der Waals surface area contributed by atoms with Crippen LogP contribution in [0.2, 0.25) is 0 Å². The summed E-state index contributed by atoms with van der Waals surface area (Å²) < 4.78 is 0. The molecule has 1 saturated carbocycles. The first kappa shape index (κ1) is 21.9. The molecule has 0 saturated heterocycles. The Morgan fingerprint density at radius 2 is 1.48 bits per heavy atom. The maximum absolute atomic E-state index is 4.66. The molecule has 0 spiro atoms. The molecule has 154 valence electrons. The van der Waals surface area contributed by atoms with Crippen LogP contribution in [-0.2, 0) is 12.8 Å². The largest absolute Gasteiger partial charge is 0.195 e. The Hall–Kier alpha value is -1.76. The monoisotopic (exact) mass is 405 g/mol. The molecule has 0 radical (unpaired) electrons. The minimum absolute atomic E-state index is 0.771. The molecule has 2 heteroatoms. The number of hydrogen-bond donors (Lipinski definition) is 0. The summed E-state index contributed by atoms with van der Waals surface area (Å²) in [5.74, 6) is 1.65. The van der Waals surface area contributed by atoms with Crippen LogP contribution in [0.5, 0.6) is 0 Å². The highest BCUT2D eigenvalue weighted by Gasteiger charge is 2.22. The van der Waals surface area contributed by atoms with Crippen molar-refractivity contribution in [2.75, 3.05) is 0 Å². The molecule has 0 aromatic heterocycles. The van der Waals surface area contributed by atoms with Gasteiger partial charge in [0.25, 0.3) is 0 Å². The summed E-state index contributed by atoms with van der Waals surface area (Å²) in [6, 6.07) is 18.0. The van der Waals surface area contributed by atoms with E-state index in [0.29, 0.717) is 0 Å². The lowest BCUT2D eigenvalue weighted by Gasteiger charge is -2.29. The molecular weight excluding hydrogens is 370 g/mol. The second-order valence-corrected chi connectivity index (χ2v) is 8.86. The lowest BCUT2D eigenvalue weighted by atomic mass is 9.77. The van der Waals surface area contributed by atoms with Crippen molar-refractivity contribution >= 4 is 23.1 Å². The number of aryl methyl sites for hydroxylation is 2. The van der Waals surface area contributed by atoms with Gasteiger partial charge in [0, 0.05) is 0 Å². The van der Waals surface area contributed by atoms with Gasteiger partial charge in [-0.1, -0.05) is 62.6 Å². The van der Waals surface area contributed by atoms with Crippen molar-refractivity contribution in [3.8, 4) is 0 Å². The lowest BCUT2D eigenvalue weighted by Crippen LogP contribution is -2.14. The highest BCUT2D eigenvalue weighted by atomic mass is 32.1. The van der Waals surface area contributed by atoms with E-state index >= 15 is 0 Å². The van der Waals surface area contributed by atoms with Gasteiger partial charge >= 0.3 is 0 Å². The van der Waals surface area contributed by atoms with Crippen molar-refractivity contribution in [1.29, 1.82) is 0 Å². The van der Waals surface area contributed by atoms with Gasteiger partial charge in [-0.25, -0.2) is 0 Å². The Kier molecular flexibility index (Phi) is 9.12. The van der Waals surface area contributed by atoms with Gasteiger partial charge in [-0.05, 0) is 104 Å². The van der Waals surface area contributed by atoms with Crippen LogP contribution in [0, 0.1) is 5.92 Å². The molecule has 2 aromatic rings. The number of isothiocyanates is 1. The fourth-order valence-corrected chi connectivity index (χ4v) is 4.76. The maximum Gasteiger partial charge on any atom is 0.0739 e. The molecule has 2 aromatic carbocycles. The van der Waals surface area contributed by atoms with E-state index in [1.807, 2.05) is 12.1 Å². The van der Waals surface area contributed by atoms with Gasteiger partial charge in [0.05, 0.1) is 10.8 Å². The van der Waals surface area contributed by atoms with Crippen LogP contribution in [0.3, 0.4) is 0 Å². The van der Waals surface area contributed by atoms with E-state index in [1.54, 1.807) is 5.56 Å². The third-order valence-electron chi connectivity index (χ3n) is 6.57. The Bertz CT molecular complexity index is 763. The van der Waals surface area contributed by atoms with Crippen LogP contribution in [0.1, 0.15) is 87.3 Å². The summed E-state index contributed by atoms with van der Waals surface area (Å²) >= 11 is 4.66. The SMILES string of the molecule is CCCCCCc1ccc(C2CCC(CCc3ccc(N=C=S)cc3)CC2)cc1. The van der Waals surface area contributed by atoms with Crippen LogP contribution in [0.25, 0.3) is 0 Å². The molecular formula is C27H35NS. The van der Waals surface area contributed by atoms with E-state index in [2.05, 4.69) is 65.7 Å². The minimum atomic E-state index is 0.771. The van der Waals surface area contributed by atoms with Crippen LogP contribution in [-0.4, -0.2) is 5.16 Å². The van der Waals surface area contributed by atoms with Crippen molar-refractivity contribution in [2.45, 2.75) is 83.5 Å². The number of benzene rings is 2. The average molecular weight is 406 g/mol. The highest BCUT2D eigenvalue weighted by molar-refractivity contribution is 7.78. The quantitative estimate of drug-likeness (QED) is 0.219. The predicted octanol–water partition coefficient (Wildman–Crippen LogP) is 8.45. The molecule has 0 atom stereocenters. The fraction of sp³-hybridized carbons (Fsp3) is 0.519. The summed E-state index contributed by atoms with van der Waals surface area (Å²) in [5, 5.41) is 2.43. The zero-order chi connectivity index (χ0) is 20.3. The Labute approximate surface area is 182 Å². The molecule has 0 unspecified atom stereocenters. The number of thiocarbonyl (C=S) groups is 1. The molecule has 0 bridgehead atoms. The zero-order valence-electron chi connectivity index (χ0n) is 17.9. The summed E-state index contributed by atoms with van der Waals surface area (Å²) in [6.07, 6.45) is 14.5. The lowest BCUT2D eigenvalue weighted by molar-refractivity contribution is 0.310. The van der Waals surface area contributed by atoms with Gasteiger partial charge in [-0.2, -0.15) is 4.99 Å². The molecule has 0 N–H and O–H groups in total. The van der Waals surface area contributed by atoms with Gasteiger partial charge < -0.3 is 0 Å². The van der Waals surface area contributed by atoms with Crippen LogP contribution >= 0.6 is 12.2 Å². The summed E-state index contributed by atoms with van der Waals surface area (Å²) in [4.78, 5) is 4.03. The van der Waals surface area contributed by atoms with Crippen molar-refractivity contribution in [2.24, 2.45) is 10.9 Å². The zero-order valence-corrected chi connectivity index (χ0v) is 18.7. The van der Waals surface area contributed by atoms with E-state index in [4.69, 9.17) is 0 Å². The van der Waals surface area contributed by atoms with Crippen LogP contribution in [0.15, 0.2) is 53.5 Å². The van der Waals surface area contributed by atoms with E-state index in [1.165, 1.54) is 81.8 Å². The number of nitrogens with zero attached hydrogens (tertiary/aromatic N) is 1. The molecule has 1 aliphatic carbocycles. The van der Waals surface area contributed by atoms with Crippen molar-refractivity contribution in [1.82, 2.24) is 0 Å². The molecule has 3 rings (SSSR count). The second-order valence-electron chi connectivity index (χ2n) is 8.68. The highest BCUT2D eigenvalue weighted by Crippen LogP contribution is 2.37. The smallest absolute Gasteiger partial charge is 0.0739 e. The first-order valence-electron chi connectivity index (χ1n) is 11.5. The first-order valence-corrected chi connectivity index (χ1v) is 11.9. The molecule has 0 aliphatic heterocycles. The van der Waals surface area contributed by atoms with Crippen LogP contribution < -0.4 is 0 Å². The molecule has 0 heterocycles. The first-order chi connectivity index (χ1) is 14.3. The normalized spacial score (nSPS) is 18.9. The van der Waals surface area contributed by atoms with Crippen molar-refractivity contribution in [3.63, 3.8) is 0 Å². The standard InChI is InChI=1S/C27H35NS/c1-2-3-4-5-6-22-9-15-25(16-10-22)26-17-11-23(12-18-26)7-8-24-13-19-27(20-14-24)28-21-29/h9-10,13-16,19-20,23,26H,2-8,11-12,17-18H2,1H3. The predicted molar refractivity (Wildman–Crippen MR) is 128 cm³/mol. The second kappa shape index (κ2) is 12.1. The number of rotatable bonds is 10. The molecule has 0 amide bonds. The van der Waals surface area contributed by atoms with Gasteiger partial charge in [0.1, 0.15) is 0 Å². The Morgan fingerprint density at radius 3 is 2.14 bits per heavy atom. The minimum Gasteiger partial charge on any atom is -0.195 e. The third kappa shape index (κ3) is 7.21. The van der Waals surface area contributed by atoms with E-state index in [-0.39, 0.29) is 0 Å². The maximum atomic E-state index is 4.66. The summed E-state index contributed by atoms with van der Waals surface area (Å²) in [7, 11) is 0. The fourth-order valence-electron chi connectivity index (χ4n) is 4.66. The average Bonchev–Trinajstić information content (AvgIpc) is 2.77. The van der Waals surface area contributed by atoms with Gasteiger partial charge in [0.15, 0.2) is 0 Å². The number of aliphatic imine (C=N–C) groups is 1. The summed E-state index contributed by atoms with van der Waals surface area (Å²) in [5.41, 5.74) is 5.39. The number of unbranched alkanes of at least 4 members (excludes halogenated alkanes) is 3. The van der Waals surface area contributed by atoms with Crippen molar-refractivity contribution < 1.29 is 0 Å². The molecule has 29 heavy (non-hydrogen) atoms. The molecule has 1 aliphatic rings. The van der Waals surface area contributed by atoms with Gasteiger partial charge in [-0.3, -0.25) is 0 Å². The molecule has 1 fully saturated rings. The van der Waals surface area contributed by atoms with E-state index in [0.717, 1.165) is 17.5 Å². The van der Waals surface area contributed by atoms with Crippen LogP contribution in [0.4, 0.5) is 5.69 Å². The Morgan fingerprint density at radius 1 is 0.828 bits per heavy atom.